The monoisotopic (exact) mass is 486 g/mol. The van der Waals surface area contributed by atoms with Crippen LogP contribution in [0, 0.1) is 13.8 Å². The highest BCUT2D eigenvalue weighted by Crippen LogP contribution is 2.29. The van der Waals surface area contributed by atoms with Crippen molar-refractivity contribution in [1.82, 2.24) is 0 Å². The molecule has 5 heteroatoms. The maximum absolute atomic E-state index is 7.06. The Balaban J connectivity index is 1.97. The van der Waals surface area contributed by atoms with Crippen molar-refractivity contribution in [2.24, 2.45) is 0 Å². The van der Waals surface area contributed by atoms with E-state index in [1.165, 1.54) is 35.3 Å². The normalized spacial score (nSPS) is 13.5. The van der Waals surface area contributed by atoms with Crippen LogP contribution in [0.1, 0.15) is 11.1 Å². The third kappa shape index (κ3) is 8.28. The molecule has 31 heavy (non-hydrogen) atoms. The largest absolute Gasteiger partial charge is 0.456 e. The lowest BCUT2D eigenvalue weighted by Crippen LogP contribution is -2.49. The Morgan fingerprint density at radius 2 is 0.903 bits per heavy atom. The first-order valence-corrected chi connectivity index (χ1v) is 24.6. The predicted octanol–water partition coefficient (Wildman–Crippen LogP) is 7.26. The quantitative estimate of drug-likeness (QED) is 0.321. The van der Waals surface area contributed by atoms with E-state index in [0.29, 0.717) is 0 Å². The van der Waals surface area contributed by atoms with Crippen molar-refractivity contribution >= 4 is 43.2 Å². The van der Waals surface area contributed by atoms with E-state index in [2.05, 4.69) is 115 Å². The predicted molar refractivity (Wildman–Crippen MR) is 152 cm³/mol. The molecule has 2 rings (SSSR count). The molecule has 0 heterocycles. The molecule has 0 aliphatic rings. The lowest BCUT2D eigenvalue weighted by atomic mass is 10.2. The van der Waals surface area contributed by atoms with E-state index in [-0.39, 0.29) is 0 Å². The number of benzene rings is 2. The highest BCUT2D eigenvalue weighted by molar-refractivity contribution is 6.93. The molecule has 0 N–H and O–H groups in total. The molecule has 0 spiro atoms. The smallest absolute Gasteiger partial charge is 0.173 e. The molecule has 0 aliphatic heterocycles. The van der Waals surface area contributed by atoms with E-state index in [9.17, 15) is 0 Å². The minimum atomic E-state index is -1.67. The summed E-state index contributed by atoms with van der Waals surface area (Å²) in [5, 5.41) is 3.19. The average Bonchev–Trinajstić information content (AvgIpc) is 2.65. The van der Waals surface area contributed by atoms with Gasteiger partial charge in [-0.3, -0.25) is 0 Å². The van der Waals surface area contributed by atoms with Crippen LogP contribution in [0.15, 0.2) is 48.5 Å². The SMILES string of the molecule is Cc1cccc([Si](C)(C)CC[Si](C)(C)O[Si](C)(C)CC[Si](C)(C)c2cccc(C)c2)c1. The van der Waals surface area contributed by atoms with Crippen molar-refractivity contribution in [3.63, 3.8) is 0 Å². The molecule has 0 fully saturated rings. The van der Waals surface area contributed by atoms with Gasteiger partial charge in [-0.15, -0.1) is 0 Å². The van der Waals surface area contributed by atoms with Crippen molar-refractivity contribution in [3.05, 3.63) is 59.7 Å². The van der Waals surface area contributed by atoms with Crippen molar-refractivity contribution < 1.29 is 4.12 Å². The van der Waals surface area contributed by atoms with Gasteiger partial charge in [0, 0.05) is 0 Å². The van der Waals surface area contributed by atoms with Gasteiger partial charge in [0.05, 0.1) is 16.1 Å². The second kappa shape index (κ2) is 10.0. The highest BCUT2D eigenvalue weighted by Gasteiger charge is 2.37. The van der Waals surface area contributed by atoms with E-state index in [1.54, 1.807) is 10.4 Å². The minimum Gasteiger partial charge on any atom is -0.456 e. The Labute approximate surface area is 196 Å². The zero-order valence-electron chi connectivity index (χ0n) is 21.9. The Morgan fingerprint density at radius 1 is 0.548 bits per heavy atom. The first kappa shape index (κ1) is 26.5. The Hall–Kier alpha value is -0.732. The second-order valence-corrected chi connectivity index (χ2v) is 30.7. The summed E-state index contributed by atoms with van der Waals surface area (Å²) in [5.74, 6) is 0. The van der Waals surface area contributed by atoms with E-state index in [0.717, 1.165) is 0 Å². The molecule has 0 amide bonds. The third-order valence-corrected chi connectivity index (χ3v) is 21.9. The van der Waals surface area contributed by atoms with Gasteiger partial charge in [0.2, 0.25) is 0 Å². The van der Waals surface area contributed by atoms with Crippen LogP contribution in [0.3, 0.4) is 0 Å². The number of hydrogen-bond donors (Lipinski definition) is 0. The Bertz CT molecular complexity index is 800. The van der Waals surface area contributed by atoms with Crippen LogP contribution in [0.25, 0.3) is 0 Å². The Morgan fingerprint density at radius 3 is 1.23 bits per heavy atom. The third-order valence-electron chi connectivity index (χ3n) is 6.86. The summed E-state index contributed by atoms with van der Waals surface area (Å²) >= 11 is 0. The fraction of sp³-hybridized carbons (Fsp3) is 0.538. The molecule has 0 bridgehead atoms. The van der Waals surface area contributed by atoms with Crippen molar-refractivity contribution in [2.75, 3.05) is 0 Å². The van der Waals surface area contributed by atoms with E-state index < -0.39 is 32.8 Å². The molecular weight excluding hydrogens is 441 g/mol. The van der Waals surface area contributed by atoms with Crippen LogP contribution in [0.2, 0.25) is 76.6 Å². The summed E-state index contributed by atoms with van der Waals surface area (Å²) in [6.07, 6.45) is 0. The van der Waals surface area contributed by atoms with Gasteiger partial charge in [-0.05, 0) is 52.1 Å². The molecule has 0 saturated carbocycles. The molecule has 0 radical (unpaired) electrons. The van der Waals surface area contributed by atoms with E-state index in [4.69, 9.17) is 4.12 Å². The summed E-state index contributed by atoms with van der Waals surface area (Å²) in [6.45, 7) is 24.4. The van der Waals surface area contributed by atoms with Crippen LogP contribution < -0.4 is 10.4 Å². The highest BCUT2D eigenvalue weighted by atomic mass is 28.4. The van der Waals surface area contributed by atoms with Gasteiger partial charge in [0.25, 0.3) is 0 Å². The molecule has 1 nitrogen and oxygen atoms in total. The first-order valence-electron chi connectivity index (χ1n) is 12.0. The van der Waals surface area contributed by atoms with Crippen molar-refractivity contribution in [1.29, 1.82) is 0 Å². The molecule has 0 unspecified atom stereocenters. The molecular formula is C26H46OSi4. The molecule has 172 valence electrons. The summed E-state index contributed by atoms with van der Waals surface area (Å²) in [7, 11) is -6.17. The maximum atomic E-state index is 7.06. The van der Waals surface area contributed by atoms with Crippen LogP contribution in [0.4, 0.5) is 0 Å². The minimum absolute atomic E-state index is 1.29. The number of aryl methyl sites for hydroxylation is 2. The fourth-order valence-corrected chi connectivity index (χ4v) is 24.0. The maximum Gasteiger partial charge on any atom is 0.173 e. The standard InChI is InChI=1S/C26H46OSi4/c1-23-13-11-15-25(21-23)28(3,4)17-19-30(7,8)27-31(9,10)20-18-29(5,6)26-16-12-14-24(2)22-26/h11-16,21-22H,17-20H2,1-10H3. The summed E-state index contributed by atoms with van der Waals surface area (Å²) in [6, 6.07) is 23.7. The van der Waals surface area contributed by atoms with Crippen molar-refractivity contribution in [2.45, 2.75) is 90.4 Å². The van der Waals surface area contributed by atoms with Crippen LogP contribution >= 0.6 is 0 Å². The fourth-order valence-electron chi connectivity index (χ4n) is 4.50. The molecule has 0 aromatic heterocycles. The van der Waals surface area contributed by atoms with E-state index >= 15 is 0 Å². The van der Waals surface area contributed by atoms with Gasteiger partial charge in [-0.25, -0.2) is 0 Å². The van der Waals surface area contributed by atoms with Gasteiger partial charge in [0.15, 0.2) is 16.6 Å². The summed E-state index contributed by atoms with van der Waals surface area (Å²) in [5.41, 5.74) is 2.78. The number of rotatable bonds is 10. The first-order chi connectivity index (χ1) is 14.1. The summed E-state index contributed by atoms with van der Waals surface area (Å²) < 4.78 is 7.06. The van der Waals surface area contributed by atoms with Crippen molar-refractivity contribution in [3.8, 4) is 0 Å². The van der Waals surface area contributed by atoms with Gasteiger partial charge in [0.1, 0.15) is 0 Å². The van der Waals surface area contributed by atoms with Gasteiger partial charge in [-0.1, -0.05) is 108 Å². The lowest BCUT2D eigenvalue weighted by molar-refractivity contribution is 0.541. The topological polar surface area (TPSA) is 9.23 Å². The molecule has 0 atom stereocenters. The van der Waals surface area contributed by atoms with Gasteiger partial charge >= 0.3 is 0 Å². The van der Waals surface area contributed by atoms with Crippen LogP contribution in [-0.4, -0.2) is 32.8 Å². The molecule has 0 aliphatic carbocycles. The number of hydrogen-bond acceptors (Lipinski definition) is 1. The summed E-state index contributed by atoms with van der Waals surface area (Å²) in [4.78, 5) is 0. The molecule has 2 aromatic rings. The zero-order chi connectivity index (χ0) is 23.5. The Kier molecular flexibility index (Phi) is 8.59. The lowest BCUT2D eigenvalue weighted by Gasteiger charge is -2.37. The molecule has 0 saturated heterocycles. The molecule has 2 aromatic carbocycles. The van der Waals surface area contributed by atoms with Crippen LogP contribution in [-0.2, 0) is 4.12 Å². The van der Waals surface area contributed by atoms with Gasteiger partial charge in [-0.2, -0.15) is 0 Å². The average molecular weight is 487 g/mol. The second-order valence-electron chi connectivity index (χ2n) is 12.1. The van der Waals surface area contributed by atoms with Gasteiger partial charge < -0.3 is 4.12 Å². The van der Waals surface area contributed by atoms with Crippen LogP contribution in [0.5, 0.6) is 0 Å². The zero-order valence-corrected chi connectivity index (χ0v) is 25.9. The van der Waals surface area contributed by atoms with E-state index in [1.807, 2.05) is 0 Å².